The van der Waals surface area contributed by atoms with Crippen LogP contribution in [0.4, 0.5) is 0 Å². The molecule has 0 N–H and O–H groups in total. The number of hydrogen-bond donors (Lipinski definition) is 0. The first-order valence-electron chi connectivity index (χ1n) is 13.5. The molecule has 0 aliphatic rings. The maximum atomic E-state index is 13.3. The van der Waals surface area contributed by atoms with E-state index in [1.54, 1.807) is 6.08 Å². The van der Waals surface area contributed by atoms with Crippen LogP contribution in [0.15, 0.2) is 152 Å². The van der Waals surface area contributed by atoms with Crippen molar-refractivity contribution < 1.29 is 4.79 Å². The van der Waals surface area contributed by atoms with Crippen LogP contribution in [0.25, 0.3) is 11.6 Å². The summed E-state index contributed by atoms with van der Waals surface area (Å²) < 4.78 is 0. The molecule has 0 fully saturated rings. The molecule has 0 aliphatic carbocycles. The van der Waals surface area contributed by atoms with Gasteiger partial charge in [-0.15, -0.1) is 0 Å². The SMILES string of the molecule is O=C(C=Cc1ccccc1)C=C(Cc1ccccc1)c1cccc(Cc2ccccc2)c1Cc1ccccc1. The fourth-order valence-electron chi connectivity index (χ4n) is 4.93. The molecule has 5 rings (SSSR count). The Balaban J connectivity index is 1.58. The van der Waals surface area contributed by atoms with Crippen molar-refractivity contribution in [2.45, 2.75) is 19.3 Å². The maximum absolute atomic E-state index is 13.3. The molecule has 0 atom stereocenters. The van der Waals surface area contributed by atoms with Crippen LogP contribution in [0, 0.1) is 0 Å². The lowest BCUT2D eigenvalue weighted by Crippen LogP contribution is -2.05. The Morgan fingerprint density at radius 1 is 0.538 bits per heavy atom. The first kappa shape index (κ1) is 25.9. The smallest absolute Gasteiger partial charge is 0.178 e. The van der Waals surface area contributed by atoms with Gasteiger partial charge in [0.2, 0.25) is 0 Å². The van der Waals surface area contributed by atoms with E-state index in [2.05, 4.69) is 103 Å². The lowest BCUT2D eigenvalue weighted by atomic mass is 9.86. The highest BCUT2D eigenvalue weighted by atomic mass is 16.1. The molecule has 0 radical (unpaired) electrons. The Hall–Kier alpha value is -4.75. The third kappa shape index (κ3) is 7.40. The summed E-state index contributed by atoms with van der Waals surface area (Å²) in [5.41, 5.74) is 9.46. The number of hydrogen-bond acceptors (Lipinski definition) is 1. The van der Waals surface area contributed by atoms with Crippen molar-refractivity contribution in [3.05, 3.63) is 191 Å². The Bertz CT molecular complexity index is 1550. The van der Waals surface area contributed by atoms with Crippen molar-refractivity contribution in [1.29, 1.82) is 0 Å². The fraction of sp³-hybridized carbons (Fsp3) is 0.0789. The Morgan fingerprint density at radius 2 is 1.08 bits per heavy atom. The third-order valence-electron chi connectivity index (χ3n) is 6.87. The highest BCUT2D eigenvalue weighted by Gasteiger charge is 2.15. The number of ketones is 1. The number of benzene rings is 5. The van der Waals surface area contributed by atoms with Crippen molar-refractivity contribution in [2.75, 3.05) is 0 Å². The molecule has 5 aromatic carbocycles. The van der Waals surface area contributed by atoms with E-state index in [1.165, 1.54) is 27.8 Å². The minimum atomic E-state index is -0.0103. The molecule has 0 aromatic heterocycles. The molecule has 0 amide bonds. The largest absolute Gasteiger partial charge is 0.290 e. The van der Waals surface area contributed by atoms with Gasteiger partial charge in [0.05, 0.1) is 0 Å². The van der Waals surface area contributed by atoms with Gasteiger partial charge in [-0.2, -0.15) is 0 Å². The van der Waals surface area contributed by atoms with Crippen LogP contribution < -0.4 is 0 Å². The second-order valence-electron chi connectivity index (χ2n) is 9.75. The molecule has 0 unspecified atom stereocenters. The zero-order valence-electron chi connectivity index (χ0n) is 22.0. The Morgan fingerprint density at radius 3 is 1.69 bits per heavy atom. The van der Waals surface area contributed by atoms with E-state index < -0.39 is 0 Å². The normalized spacial score (nSPS) is 11.5. The molecular formula is C38H32O. The van der Waals surface area contributed by atoms with Crippen molar-refractivity contribution in [3.8, 4) is 0 Å². The Labute approximate surface area is 231 Å². The van der Waals surface area contributed by atoms with Gasteiger partial charge in [-0.1, -0.05) is 146 Å². The van der Waals surface area contributed by atoms with Crippen LogP contribution in [0.1, 0.15) is 38.9 Å². The summed E-state index contributed by atoms with van der Waals surface area (Å²) in [6, 6.07) is 48.1. The van der Waals surface area contributed by atoms with E-state index in [9.17, 15) is 4.79 Å². The lowest BCUT2D eigenvalue weighted by molar-refractivity contribution is -0.110. The van der Waals surface area contributed by atoms with Gasteiger partial charge in [0.25, 0.3) is 0 Å². The van der Waals surface area contributed by atoms with Crippen LogP contribution >= 0.6 is 0 Å². The van der Waals surface area contributed by atoms with E-state index in [0.29, 0.717) is 6.42 Å². The maximum Gasteiger partial charge on any atom is 0.178 e. The first-order valence-corrected chi connectivity index (χ1v) is 13.5. The molecule has 0 aliphatic heterocycles. The molecule has 39 heavy (non-hydrogen) atoms. The van der Waals surface area contributed by atoms with E-state index in [0.717, 1.165) is 29.5 Å². The molecule has 5 aromatic rings. The Kier molecular flexibility index (Phi) is 8.74. The number of allylic oxidation sites excluding steroid dienone is 3. The summed E-state index contributed by atoms with van der Waals surface area (Å²) in [6.45, 7) is 0. The average molecular weight is 505 g/mol. The zero-order chi connectivity index (χ0) is 26.7. The van der Waals surface area contributed by atoms with Gasteiger partial charge >= 0.3 is 0 Å². The van der Waals surface area contributed by atoms with Crippen molar-refractivity contribution >= 4 is 17.4 Å². The second kappa shape index (κ2) is 13.2. The molecular weight excluding hydrogens is 472 g/mol. The molecule has 190 valence electrons. The minimum Gasteiger partial charge on any atom is -0.290 e. The summed E-state index contributed by atoms with van der Waals surface area (Å²) in [5, 5.41) is 0. The second-order valence-corrected chi connectivity index (χ2v) is 9.75. The predicted octanol–water partition coefficient (Wildman–Crippen LogP) is 8.78. The van der Waals surface area contributed by atoms with E-state index in [-0.39, 0.29) is 5.78 Å². The van der Waals surface area contributed by atoms with Crippen LogP contribution in [0.3, 0.4) is 0 Å². The first-order chi connectivity index (χ1) is 19.2. The number of carbonyl (C=O) groups excluding carboxylic acids is 1. The van der Waals surface area contributed by atoms with E-state index >= 15 is 0 Å². The number of rotatable bonds is 10. The van der Waals surface area contributed by atoms with Crippen LogP contribution in [0.2, 0.25) is 0 Å². The molecule has 0 bridgehead atoms. The van der Waals surface area contributed by atoms with Crippen LogP contribution in [-0.2, 0) is 24.1 Å². The molecule has 0 heterocycles. The van der Waals surface area contributed by atoms with Gasteiger partial charge in [-0.05, 0) is 75.9 Å². The third-order valence-corrected chi connectivity index (χ3v) is 6.87. The summed E-state index contributed by atoms with van der Waals surface area (Å²) in [4.78, 5) is 13.3. The molecule has 0 saturated heterocycles. The predicted molar refractivity (Wildman–Crippen MR) is 164 cm³/mol. The molecule has 0 spiro atoms. The quantitative estimate of drug-likeness (QED) is 0.174. The van der Waals surface area contributed by atoms with E-state index in [1.807, 2.05) is 48.6 Å². The monoisotopic (exact) mass is 504 g/mol. The standard InChI is InChI=1S/C38H32O/c39-36(25-24-30-14-5-1-6-15-30)29-35(27-32-18-9-3-10-19-32)37-23-13-22-34(26-31-16-7-2-8-17-31)38(37)28-33-20-11-4-12-21-33/h1-25,29H,26-28H2. The van der Waals surface area contributed by atoms with Gasteiger partial charge in [0, 0.05) is 0 Å². The summed E-state index contributed by atoms with van der Waals surface area (Å²) in [5.74, 6) is -0.0103. The van der Waals surface area contributed by atoms with Crippen molar-refractivity contribution in [2.24, 2.45) is 0 Å². The lowest BCUT2D eigenvalue weighted by Gasteiger charge is -2.18. The van der Waals surface area contributed by atoms with Gasteiger partial charge in [0.1, 0.15) is 0 Å². The minimum absolute atomic E-state index is 0.0103. The molecule has 1 heteroatoms. The summed E-state index contributed by atoms with van der Waals surface area (Å²) in [7, 11) is 0. The summed E-state index contributed by atoms with van der Waals surface area (Å²) >= 11 is 0. The zero-order valence-corrected chi connectivity index (χ0v) is 22.0. The molecule has 1 nitrogen and oxygen atoms in total. The van der Waals surface area contributed by atoms with Gasteiger partial charge in [-0.25, -0.2) is 0 Å². The fourth-order valence-corrected chi connectivity index (χ4v) is 4.93. The van der Waals surface area contributed by atoms with Crippen molar-refractivity contribution in [3.63, 3.8) is 0 Å². The van der Waals surface area contributed by atoms with Crippen LogP contribution in [0.5, 0.6) is 0 Å². The van der Waals surface area contributed by atoms with E-state index in [4.69, 9.17) is 0 Å². The van der Waals surface area contributed by atoms with Crippen molar-refractivity contribution in [1.82, 2.24) is 0 Å². The van der Waals surface area contributed by atoms with Gasteiger partial charge in [0.15, 0.2) is 5.78 Å². The summed E-state index contributed by atoms with van der Waals surface area (Å²) in [6.07, 6.45) is 7.71. The topological polar surface area (TPSA) is 17.1 Å². The number of carbonyl (C=O) groups is 1. The van der Waals surface area contributed by atoms with Gasteiger partial charge in [-0.3, -0.25) is 4.79 Å². The highest BCUT2D eigenvalue weighted by molar-refractivity contribution is 6.06. The van der Waals surface area contributed by atoms with Gasteiger partial charge < -0.3 is 0 Å². The average Bonchev–Trinajstić information content (AvgIpc) is 2.99. The highest BCUT2D eigenvalue weighted by Crippen LogP contribution is 2.30. The molecule has 0 saturated carbocycles. The van der Waals surface area contributed by atoms with Crippen LogP contribution in [-0.4, -0.2) is 5.78 Å².